The van der Waals surface area contributed by atoms with E-state index in [-0.39, 0.29) is 119 Å². The first-order valence-electron chi connectivity index (χ1n) is 1.55. The van der Waals surface area contributed by atoms with Crippen LogP contribution in [0, 0.1) is 0 Å². The van der Waals surface area contributed by atoms with Crippen LogP contribution in [0.3, 0.4) is 0 Å². The first-order chi connectivity index (χ1) is 2.64. The number of carboxylic acids is 1. The van der Waals surface area contributed by atoms with Gasteiger partial charge in [0.1, 0.15) is 6.10 Å². The molecule has 0 saturated heterocycles. The van der Waals surface area contributed by atoms with Crippen LogP contribution in [0.25, 0.3) is 0 Å². The second-order valence-corrected chi connectivity index (χ2v) is 1.01. The smallest absolute Gasteiger partial charge is 1.00 e. The zero-order valence-corrected chi connectivity index (χ0v) is 15.3. The Labute approximate surface area is 150 Å². The summed E-state index contributed by atoms with van der Waals surface area (Å²) in [5.74, 6) is -1.19. The molecule has 0 heterocycles. The van der Waals surface area contributed by atoms with Crippen LogP contribution in [0.2, 0.25) is 0 Å². The van der Waals surface area contributed by atoms with E-state index in [9.17, 15) is 4.79 Å². The molecule has 0 aromatic rings. The standard InChI is InChI=1S/C3H6O3.3Na.Zr.3H/c1-2(4)3(5)6;;;;;;;/h2,4H,1H3,(H,5,6);;;;;;;/q;3*+1;;3*-1. The predicted octanol–water partition coefficient (Wildman–Crippen LogP) is -9.20. The van der Waals surface area contributed by atoms with E-state index in [1.165, 1.54) is 6.92 Å². The normalized spacial score (nSPS) is 8.20. The van der Waals surface area contributed by atoms with Gasteiger partial charge in [0, 0.05) is 26.2 Å². The molecule has 0 aromatic carbocycles. The van der Waals surface area contributed by atoms with Crippen molar-refractivity contribution in [3.63, 3.8) is 0 Å². The quantitative estimate of drug-likeness (QED) is 0.456. The van der Waals surface area contributed by atoms with Crippen LogP contribution in [0.15, 0.2) is 0 Å². The van der Waals surface area contributed by atoms with E-state index in [4.69, 9.17) is 10.2 Å². The Morgan fingerprint density at radius 2 is 1.50 bits per heavy atom. The SMILES string of the molecule is CC(O)C(=O)O.[H-].[H-].[H-].[Na+].[Na+].[Na+].[Zr]. The number of hydrogen-bond acceptors (Lipinski definition) is 2. The number of aliphatic hydroxyl groups is 1. The minimum Gasteiger partial charge on any atom is -1.00 e. The van der Waals surface area contributed by atoms with Gasteiger partial charge in [0.15, 0.2) is 0 Å². The molecule has 0 saturated carbocycles. The van der Waals surface area contributed by atoms with Crippen molar-refractivity contribution in [1.82, 2.24) is 0 Å². The van der Waals surface area contributed by atoms with Crippen LogP contribution in [0.4, 0.5) is 0 Å². The number of rotatable bonds is 1. The van der Waals surface area contributed by atoms with E-state index in [1.807, 2.05) is 0 Å². The van der Waals surface area contributed by atoms with Crippen LogP contribution < -0.4 is 88.7 Å². The molecule has 0 aromatic heterocycles. The molecule has 2 N–H and O–H groups in total. The summed E-state index contributed by atoms with van der Waals surface area (Å²) in [4.78, 5) is 9.45. The molecule has 10 heavy (non-hydrogen) atoms. The molecule has 0 radical (unpaired) electrons. The second-order valence-electron chi connectivity index (χ2n) is 1.01. The maximum absolute atomic E-state index is 9.45. The summed E-state index contributed by atoms with van der Waals surface area (Å²) in [6, 6.07) is 0. The summed E-state index contributed by atoms with van der Waals surface area (Å²) in [6.45, 7) is 1.20. The minimum absolute atomic E-state index is 0. The Kier molecular flexibility index (Phi) is 53.1. The maximum atomic E-state index is 9.45. The molecular formula is C3H9Na3O3Zr. The van der Waals surface area contributed by atoms with Crippen molar-refractivity contribution in [1.29, 1.82) is 0 Å². The van der Waals surface area contributed by atoms with Gasteiger partial charge in [0.2, 0.25) is 0 Å². The predicted molar refractivity (Wildman–Crippen MR) is 22.7 cm³/mol. The number of aliphatic hydroxyl groups excluding tert-OH is 1. The van der Waals surface area contributed by atoms with E-state index >= 15 is 0 Å². The molecule has 0 rings (SSSR count). The third-order valence-corrected chi connectivity index (χ3v) is 0.357. The number of carboxylic acid groups (broad SMARTS) is 1. The number of aliphatic carboxylic acids is 1. The molecule has 0 aliphatic carbocycles. The molecule has 3 nitrogen and oxygen atoms in total. The van der Waals surface area contributed by atoms with Gasteiger partial charge in [-0.3, -0.25) is 0 Å². The Bertz CT molecular complexity index is 80.1. The zero-order chi connectivity index (χ0) is 5.15. The average Bonchev–Trinajstić information content (AvgIpc) is 1.36. The Hall–Kier alpha value is 3.31. The van der Waals surface area contributed by atoms with E-state index in [0.717, 1.165) is 0 Å². The van der Waals surface area contributed by atoms with Crippen molar-refractivity contribution >= 4 is 5.97 Å². The summed E-state index contributed by atoms with van der Waals surface area (Å²) in [5, 5.41) is 15.8. The summed E-state index contributed by atoms with van der Waals surface area (Å²) < 4.78 is 0. The molecule has 46 valence electrons. The van der Waals surface area contributed by atoms with Crippen molar-refractivity contribution in [2.75, 3.05) is 0 Å². The third-order valence-electron chi connectivity index (χ3n) is 0.357. The molecule has 0 aliphatic heterocycles. The van der Waals surface area contributed by atoms with Crippen molar-refractivity contribution < 1.29 is 134 Å². The minimum atomic E-state index is -1.23. The topological polar surface area (TPSA) is 57.5 Å². The number of carbonyl (C=O) groups is 1. The summed E-state index contributed by atoms with van der Waals surface area (Å²) >= 11 is 0. The Balaban J connectivity index is -0.00000000595. The summed E-state index contributed by atoms with van der Waals surface area (Å²) in [5.41, 5.74) is 0. The third kappa shape index (κ3) is 22.5. The van der Waals surface area contributed by atoms with Crippen LogP contribution in [0.5, 0.6) is 0 Å². The van der Waals surface area contributed by atoms with Crippen LogP contribution in [0.1, 0.15) is 11.2 Å². The van der Waals surface area contributed by atoms with E-state index in [0.29, 0.717) is 0 Å². The van der Waals surface area contributed by atoms with E-state index < -0.39 is 12.1 Å². The number of hydrogen-bond donors (Lipinski definition) is 2. The van der Waals surface area contributed by atoms with Crippen molar-refractivity contribution in [3.05, 3.63) is 0 Å². The maximum Gasteiger partial charge on any atom is 1.00 e. The first kappa shape index (κ1) is 29.2. The molecule has 0 amide bonds. The molecule has 7 heteroatoms. The average molecular weight is 253 g/mol. The summed E-state index contributed by atoms with van der Waals surface area (Å²) in [6.07, 6.45) is -1.23. The summed E-state index contributed by atoms with van der Waals surface area (Å²) in [7, 11) is 0. The van der Waals surface area contributed by atoms with Crippen molar-refractivity contribution in [2.24, 2.45) is 0 Å². The molecule has 0 spiro atoms. The molecule has 0 aliphatic rings. The first-order valence-corrected chi connectivity index (χ1v) is 1.55. The van der Waals surface area contributed by atoms with Crippen molar-refractivity contribution in [2.45, 2.75) is 13.0 Å². The Morgan fingerprint density at radius 3 is 1.50 bits per heavy atom. The monoisotopic (exact) mass is 252 g/mol. The van der Waals surface area contributed by atoms with Crippen LogP contribution in [-0.2, 0) is 31.0 Å². The van der Waals surface area contributed by atoms with Gasteiger partial charge in [-0.15, -0.1) is 0 Å². The molecule has 1 atom stereocenters. The van der Waals surface area contributed by atoms with Gasteiger partial charge < -0.3 is 14.5 Å². The van der Waals surface area contributed by atoms with Gasteiger partial charge in [-0.1, -0.05) is 0 Å². The van der Waals surface area contributed by atoms with Gasteiger partial charge in [0.25, 0.3) is 0 Å². The van der Waals surface area contributed by atoms with Gasteiger partial charge >= 0.3 is 94.6 Å². The fourth-order valence-electron chi connectivity index (χ4n) is 0. The van der Waals surface area contributed by atoms with Crippen molar-refractivity contribution in [3.8, 4) is 0 Å². The molecule has 0 fully saturated rings. The van der Waals surface area contributed by atoms with Gasteiger partial charge in [-0.05, 0) is 6.92 Å². The molecular weight excluding hydrogens is 244 g/mol. The Morgan fingerprint density at radius 1 is 1.40 bits per heavy atom. The van der Waals surface area contributed by atoms with Gasteiger partial charge in [0.05, 0.1) is 0 Å². The van der Waals surface area contributed by atoms with Gasteiger partial charge in [-0.2, -0.15) is 0 Å². The van der Waals surface area contributed by atoms with Crippen LogP contribution in [-0.4, -0.2) is 22.3 Å². The van der Waals surface area contributed by atoms with E-state index in [2.05, 4.69) is 0 Å². The van der Waals surface area contributed by atoms with E-state index in [1.54, 1.807) is 0 Å². The largest absolute Gasteiger partial charge is 1.00 e. The molecule has 0 bridgehead atoms. The molecule has 1 unspecified atom stereocenters. The van der Waals surface area contributed by atoms with Crippen LogP contribution >= 0.6 is 0 Å². The van der Waals surface area contributed by atoms with Gasteiger partial charge in [-0.25, -0.2) is 4.79 Å². The fraction of sp³-hybridized carbons (Fsp3) is 0.667. The zero-order valence-electron chi connectivity index (χ0n) is 9.88. The fourth-order valence-corrected chi connectivity index (χ4v) is 0. The second kappa shape index (κ2) is 18.2.